The van der Waals surface area contributed by atoms with Crippen LogP contribution in [0.3, 0.4) is 0 Å². The van der Waals surface area contributed by atoms with Crippen molar-refractivity contribution in [1.82, 2.24) is 15.0 Å². The predicted octanol–water partition coefficient (Wildman–Crippen LogP) is 4.58. The Balaban J connectivity index is 1.38. The van der Waals surface area contributed by atoms with Gasteiger partial charge >= 0.3 is 12.1 Å². The number of carbonyl (C=O) groups is 2. The first-order chi connectivity index (χ1) is 15.9. The molecular formula is C24H31N3O6. The number of ether oxygens (including phenoxy) is 2. The van der Waals surface area contributed by atoms with E-state index in [-0.39, 0.29) is 30.8 Å². The van der Waals surface area contributed by atoms with Gasteiger partial charge in [-0.25, -0.2) is 9.78 Å². The van der Waals surface area contributed by atoms with Crippen LogP contribution in [0.15, 0.2) is 22.9 Å². The molecule has 4 rings (SSSR count). The quantitative estimate of drug-likeness (QED) is 0.642. The normalized spacial score (nSPS) is 21.0. The molecule has 0 bridgehead atoms. The third-order valence-corrected chi connectivity index (χ3v) is 6.73. The predicted molar refractivity (Wildman–Crippen MR) is 119 cm³/mol. The van der Waals surface area contributed by atoms with Gasteiger partial charge in [-0.1, -0.05) is 18.0 Å². The molecule has 2 aliphatic rings. The zero-order valence-electron chi connectivity index (χ0n) is 19.2. The maximum atomic E-state index is 12.5. The zero-order valence-corrected chi connectivity index (χ0v) is 19.2. The lowest BCUT2D eigenvalue weighted by molar-refractivity contribution is -0.143. The number of nitrogens with zero attached hydrogens (tertiary/aromatic N) is 3. The highest BCUT2D eigenvalue weighted by Crippen LogP contribution is 2.30. The van der Waals surface area contributed by atoms with Crippen LogP contribution in [-0.2, 0) is 16.1 Å². The van der Waals surface area contributed by atoms with Crippen LogP contribution in [0.2, 0.25) is 0 Å². The van der Waals surface area contributed by atoms with Crippen molar-refractivity contribution in [2.75, 3.05) is 7.05 Å². The molecule has 2 aromatic rings. The van der Waals surface area contributed by atoms with Crippen molar-refractivity contribution in [3.63, 3.8) is 0 Å². The number of aryl methyl sites for hydroxylation is 1. The van der Waals surface area contributed by atoms with Crippen molar-refractivity contribution >= 4 is 12.1 Å². The second-order valence-electron chi connectivity index (χ2n) is 9.00. The van der Waals surface area contributed by atoms with Gasteiger partial charge in [-0.3, -0.25) is 4.79 Å². The van der Waals surface area contributed by atoms with Crippen molar-refractivity contribution in [1.29, 1.82) is 0 Å². The van der Waals surface area contributed by atoms with Crippen LogP contribution in [-0.4, -0.2) is 51.4 Å². The number of aliphatic carboxylic acids is 1. The minimum atomic E-state index is -0.764. The summed E-state index contributed by atoms with van der Waals surface area (Å²) in [6, 6.07) is 3.79. The Morgan fingerprint density at radius 1 is 1.18 bits per heavy atom. The molecule has 1 amide bonds. The Bertz CT molecular complexity index is 967. The van der Waals surface area contributed by atoms with Crippen LogP contribution in [0.5, 0.6) is 5.75 Å². The second kappa shape index (κ2) is 10.2. The lowest BCUT2D eigenvalue weighted by Gasteiger charge is -2.27. The first kappa shape index (κ1) is 23.1. The lowest BCUT2D eigenvalue weighted by Crippen LogP contribution is -2.35. The summed E-state index contributed by atoms with van der Waals surface area (Å²) in [5.74, 6) is -0.0811. The van der Waals surface area contributed by atoms with Crippen LogP contribution >= 0.6 is 0 Å². The molecule has 178 valence electrons. The highest BCUT2D eigenvalue weighted by molar-refractivity contribution is 5.70. The fraction of sp³-hybridized carbons (Fsp3) is 0.583. The largest absolute Gasteiger partial charge is 0.489 e. The van der Waals surface area contributed by atoms with E-state index >= 15 is 0 Å². The van der Waals surface area contributed by atoms with Crippen molar-refractivity contribution in [2.45, 2.75) is 77.0 Å². The molecule has 0 aromatic carbocycles. The molecule has 2 aliphatic carbocycles. The molecule has 1 N–H and O–H groups in total. The van der Waals surface area contributed by atoms with Gasteiger partial charge in [0, 0.05) is 13.1 Å². The maximum Gasteiger partial charge on any atom is 0.410 e. The van der Waals surface area contributed by atoms with Crippen LogP contribution in [0.1, 0.15) is 62.6 Å². The molecule has 9 heteroatoms. The van der Waals surface area contributed by atoms with Gasteiger partial charge in [0.05, 0.1) is 29.5 Å². The van der Waals surface area contributed by atoms with E-state index in [1.807, 2.05) is 0 Å². The molecule has 0 spiro atoms. The molecule has 2 heterocycles. The molecule has 2 saturated carbocycles. The Morgan fingerprint density at radius 2 is 1.97 bits per heavy atom. The number of carbonyl (C=O) groups excluding carboxylic acids is 1. The van der Waals surface area contributed by atoms with Gasteiger partial charge in [-0.2, -0.15) is 0 Å². The third-order valence-electron chi connectivity index (χ3n) is 6.73. The van der Waals surface area contributed by atoms with Crippen molar-refractivity contribution in [3.05, 3.63) is 29.6 Å². The monoisotopic (exact) mass is 457 g/mol. The molecule has 0 unspecified atom stereocenters. The summed E-state index contributed by atoms with van der Waals surface area (Å²) < 4.78 is 17.0. The van der Waals surface area contributed by atoms with E-state index in [0.29, 0.717) is 41.3 Å². The molecule has 0 saturated heterocycles. The van der Waals surface area contributed by atoms with Crippen molar-refractivity contribution in [2.24, 2.45) is 5.92 Å². The van der Waals surface area contributed by atoms with Gasteiger partial charge < -0.3 is 24.0 Å². The molecule has 2 fully saturated rings. The summed E-state index contributed by atoms with van der Waals surface area (Å²) in [4.78, 5) is 29.9. The average molecular weight is 458 g/mol. The Morgan fingerprint density at radius 3 is 2.67 bits per heavy atom. The lowest BCUT2D eigenvalue weighted by atomic mass is 9.87. The zero-order chi connectivity index (χ0) is 23.4. The average Bonchev–Trinajstić information content (AvgIpc) is 3.48. The van der Waals surface area contributed by atoms with Gasteiger partial charge in [-0.15, -0.1) is 0 Å². The number of aromatic nitrogens is 2. The number of pyridine rings is 1. The number of hydrogen-bond donors (Lipinski definition) is 1. The van der Waals surface area contributed by atoms with Crippen molar-refractivity contribution < 1.29 is 28.7 Å². The molecular weight excluding hydrogens is 426 g/mol. The Labute approximate surface area is 193 Å². The van der Waals surface area contributed by atoms with E-state index in [2.05, 4.69) is 10.1 Å². The number of amides is 1. The molecule has 9 nitrogen and oxygen atoms in total. The van der Waals surface area contributed by atoms with Gasteiger partial charge in [0.25, 0.3) is 0 Å². The number of hydrogen-bond acceptors (Lipinski definition) is 7. The first-order valence-corrected chi connectivity index (χ1v) is 11.6. The highest BCUT2D eigenvalue weighted by Gasteiger charge is 2.28. The van der Waals surface area contributed by atoms with Gasteiger partial charge in [0.15, 0.2) is 5.76 Å². The summed E-state index contributed by atoms with van der Waals surface area (Å²) in [7, 11) is 1.78. The van der Waals surface area contributed by atoms with Crippen LogP contribution in [0.4, 0.5) is 4.79 Å². The highest BCUT2D eigenvalue weighted by atomic mass is 16.6. The summed E-state index contributed by atoms with van der Waals surface area (Å²) in [5.41, 5.74) is 1.89. The van der Waals surface area contributed by atoms with Crippen LogP contribution in [0, 0.1) is 12.8 Å². The second-order valence-corrected chi connectivity index (χ2v) is 9.00. The topological polar surface area (TPSA) is 115 Å². The summed E-state index contributed by atoms with van der Waals surface area (Å²) >= 11 is 0. The van der Waals surface area contributed by atoms with E-state index in [0.717, 1.165) is 38.5 Å². The smallest absolute Gasteiger partial charge is 0.410 e. The molecule has 0 radical (unpaired) electrons. The third kappa shape index (κ3) is 5.46. The number of rotatable bonds is 7. The van der Waals surface area contributed by atoms with E-state index in [1.165, 1.54) is 0 Å². The fourth-order valence-corrected chi connectivity index (χ4v) is 4.69. The first-order valence-electron chi connectivity index (χ1n) is 11.6. The van der Waals surface area contributed by atoms with Gasteiger partial charge in [0.1, 0.15) is 18.1 Å². The Kier molecular flexibility index (Phi) is 7.15. The van der Waals surface area contributed by atoms with E-state index in [1.54, 1.807) is 37.2 Å². The maximum absolute atomic E-state index is 12.5. The van der Waals surface area contributed by atoms with Gasteiger partial charge in [-0.05, 0) is 57.6 Å². The van der Waals surface area contributed by atoms with Crippen LogP contribution in [0.25, 0.3) is 11.5 Å². The van der Waals surface area contributed by atoms with E-state index in [4.69, 9.17) is 14.0 Å². The number of carboxylic acids is 1. The molecule has 2 atom stereocenters. The summed E-state index contributed by atoms with van der Waals surface area (Å²) in [6.45, 7) is 1.86. The van der Waals surface area contributed by atoms with Crippen molar-refractivity contribution in [3.8, 4) is 17.2 Å². The van der Waals surface area contributed by atoms with Crippen LogP contribution < -0.4 is 4.74 Å². The van der Waals surface area contributed by atoms with E-state index < -0.39 is 5.97 Å². The minimum absolute atomic E-state index is 0.0547. The Hall–Kier alpha value is -3.10. The van der Waals surface area contributed by atoms with E-state index in [9.17, 15) is 14.7 Å². The fourth-order valence-electron chi connectivity index (χ4n) is 4.69. The summed E-state index contributed by atoms with van der Waals surface area (Å²) in [5, 5.41) is 13.3. The van der Waals surface area contributed by atoms with Gasteiger partial charge in [0.2, 0.25) is 0 Å². The SMILES string of the molecule is Cc1noc(-c2ccc(O[C@H]3CCC[C@H](C(=O)O)C3)cn2)c1COC(=O)N(C)C1CCCC1. The standard InChI is InChI=1S/C24H31N3O6/c1-15-20(14-31-24(30)27(2)17-7-3-4-8-17)22(33-26-15)21-11-10-19(13-25-21)32-18-9-5-6-16(12-18)23(28)29/h10-11,13,16-18H,3-9,12,14H2,1-2H3,(H,28,29)/t16-,18-/m0/s1. The summed E-state index contributed by atoms with van der Waals surface area (Å²) in [6.07, 6.45) is 8.29. The number of carboxylic acid groups (broad SMARTS) is 1. The molecule has 0 aliphatic heterocycles. The molecule has 33 heavy (non-hydrogen) atoms. The minimum Gasteiger partial charge on any atom is -0.489 e. The molecule has 2 aromatic heterocycles.